The lowest BCUT2D eigenvalue weighted by molar-refractivity contribution is 1.60. The molecule has 0 radical (unpaired) electrons. The second kappa shape index (κ2) is 2.39. The van der Waals surface area contributed by atoms with E-state index >= 15 is 0 Å². The lowest BCUT2D eigenvalue weighted by Crippen LogP contribution is -1.77. The molecule has 0 saturated heterocycles. The molecular formula is C11H10. The molecule has 0 saturated carbocycles. The molecule has 0 unspecified atom stereocenters. The van der Waals surface area contributed by atoms with Gasteiger partial charge in [-0.2, -0.15) is 0 Å². The fraction of sp³-hybridized carbons (Fsp3) is 0.0909. The predicted octanol–water partition coefficient (Wildman–Crippen LogP) is 3.12. The van der Waals surface area contributed by atoms with Crippen LogP contribution in [0.25, 0.3) is 11.6 Å². The minimum Gasteiger partial charge on any atom is -0.0798 e. The molecule has 0 aromatic heterocycles. The van der Waals surface area contributed by atoms with E-state index < -0.39 is 0 Å². The van der Waals surface area contributed by atoms with Crippen molar-refractivity contribution in [3.63, 3.8) is 0 Å². The molecule has 54 valence electrons. The van der Waals surface area contributed by atoms with E-state index in [1.807, 2.05) is 0 Å². The SMILES string of the molecule is C/C=C1/C=Cc2ccccc21. The van der Waals surface area contributed by atoms with E-state index in [1.54, 1.807) is 0 Å². The van der Waals surface area contributed by atoms with Crippen LogP contribution in [0.3, 0.4) is 0 Å². The summed E-state index contributed by atoms with van der Waals surface area (Å²) in [6.07, 6.45) is 6.46. The quantitative estimate of drug-likeness (QED) is 0.522. The smallest absolute Gasteiger partial charge is 0.0115 e. The molecule has 0 amide bonds. The normalized spacial score (nSPS) is 17.4. The lowest BCUT2D eigenvalue weighted by Gasteiger charge is -1.97. The fourth-order valence-corrected chi connectivity index (χ4v) is 1.43. The third-order valence-corrected chi connectivity index (χ3v) is 2.03. The third kappa shape index (κ3) is 0.911. The Balaban J connectivity index is 2.63. The first-order valence-electron chi connectivity index (χ1n) is 3.85. The number of allylic oxidation sites excluding steroid dienone is 3. The van der Waals surface area contributed by atoms with E-state index in [2.05, 4.69) is 49.4 Å². The van der Waals surface area contributed by atoms with E-state index in [0.29, 0.717) is 0 Å². The van der Waals surface area contributed by atoms with Crippen molar-refractivity contribution in [1.29, 1.82) is 0 Å². The topological polar surface area (TPSA) is 0 Å². The van der Waals surface area contributed by atoms with Crippen molar-refractivity contribution in [3.8, 4) is 0 Å². The van der Waals surface area contributed by atoms with E-state index in [1.165, 1.54) is 16.7 Å². The second-order valence-electron chi connectivity index (χ2n) is 2.66. The lowest BCUT2D eigenvalue weighted by atomic mass is 10.1. The van der Waals surface area contributed by atoms with E-state index in [9.17, 15) is 0 Å². The predicted molar refractivity (Wildman–Crippen MR) is 49.1 cm³/mol. The summed E-state index contributed by atoms with van der Waals surface area (Å²) in [7, 11) is 0. The zero-order valence-corrected chi connectivity index (χ0v) is 6.54. The molecule has 0 heteroatoms. The maximum Gasteiger partial charge on any atom is -0.0115 e. The average molecular weight is 142 g/mol. The summed E-state index contributed by atoms with van der Waals surface area (Å²) in [5, 5.41) is 0. The molecule has 0 nitrogen and oxygen atoms in total. The Morgan fingerprint density at radius 1 is 1.09 bits per heavy atom. The van der Waals surface area contributed by atoms with Crippen LogP contribution in [0.2, 0.25) is 0 Å². The summed E-state index contributed by atoms with van der Waals surface area (Å²) < 4.78 is 0. The summed E-state index contributed by atoms with van der Waals surface area (Å²) in [5.74, 6) is 0. The number of rotatable bonds is 0. The molecular weight excluding hydrogens is 132 g/mol. The Labute approximate surface area is 66.9 Å². The molecule has 0 bridgehead atoms. The number of benzene rings is 1. The van der Waals surface area contributed by atoms with Gasteiger partial charge in [-0.25, -0.2) is 0 Å². The zero-order chi connectivity index (χ0) is 7.68. The van der Waals surface area contributed by atoms with E-state index in [4.69, 9.17) is 0 Å². The van der Waals surface area contributed by atoms with Gasteiger partial charge in [0.25, 0.3) is 0 Å². The highest BCUT2D eigenvalue weighted by atomic mass is 14.1. The summed E-state index contributed by atoms with van der Waals surface area (Å²) in [4.78, 5) is 0. The van der Waals surface area contributed by atoms with Gasteiger partial charge in [0.05, 0.1) is 0 Å². The van der Waals surface area contributed by atoms with E-state index in [-0.39, 0.29) is 0 Å². The van der Waals surface area contributed by atoms with Crippen LogP contribution >= 0.6 is 0 Å². The maximum atomic E-state index is 2.16. The summed E-state index contributed by atoms with van der Waals surface area (Å²) in [5.41, 5.74) is 4.02. The van der Waals surface area contributed by atoms with Crippen molar-refractivity contribution in [2.45, 2.75) is 6.92 Å². The third-order valence-electron chi connectivity index (χ3n) is 2.03. The number of fused-ring (bicyclic) bond motifs is 1. The van der Waals surface area contributed by atoms with Crippen LogP contribution in [-0.2, 0) is 0 Å². The molecule has 0 spiro atoms. The van der Waals surface area contributed by atoms with E-state index in [0.717, 1.165) is 0 Å². The van der Waals surface area contributed by atoms with Gasteiger partial charge in [0.1, 0.15) is 0 Å². The van der Waals surface area contributed by atoms with Gasteiger partial charge in [-0.05, 0) is 23.6 Å². The Bertz CT molecular complexity index is 330. The van der Waals surface area contributed by atoms with Crippen LogP contribution in [0.15, 0.2) is 36.4 Å². The Hall–Kier alpha value is -1.30. The van der Waals surface area contributed by atoms with Gasteiger partial charge < -0.3 is 0 Å². The van der Waals surface area contributed by atoms with Gasteiger partial charge in [0.2, 0.25) is 0 Å². The Morgan fingerprint density at radius 3 is 2.73 bits per heavy atom. The minimum atomic E-state index is 1.33. The monoisotopic (exact) mass is 142 g/mol. The first kappa shape index (κ1) is 6.41. The molecule has 1 aromatic rings. The molecule has 1 aliphatic carbocycles. The summed E-state index contributed by atoms with van der Waals surface area (Å²) in [6, 6.07) is 8.45. The molecule has 0 N–H and O–H groups in total. The molecule has 11 heavy (non-hydrogen) atoms. The van der Waals surface area contributed by atoms with Crippen LogP contribution in [0.1, 0.15) is 18.1 Å². The first-order valence-corrected chi connectivity index (χ1v) is 3.85. The largest absolute Gasteiger partial charge is 0.0798 e. The van der Waals surface area contributed by atoms with Crippen LogP contribution in [0.4, 0.5) is 0 Å². The second-order valence-corrected chi connectivity index (χ2v) is 2.66. The van der Waals surface area contributed by atoms with Gasteiger partial charge >= 0.3 is 0 Å². The zero-order valence-electron chi connectivity index (χ0n) is 6.54. The molecule has 0 atom stereocenters. The van der Waals surface area contributed by atoms with Gasteiger partial charge in [0, 0.05) is 0 Å². The van der Waals surface area contributed by atoms with Crippen LogP contribution in [-0.4, -0.2) is 0 Å². The molecule has 0 fully saturated rings. The van der Waals surface area contributed by atoms with Crippen LogP contribution in [0.5, 0.6) is 0 Å². The van der Waals surface area contributed by atoms with Crippen molar-refractivity contribution in [3.05, 3.63) is 47.5 Å². The van der Waals surface area contributed by atoms with Crippen molar-refractivity contribution < 1.29 is 0 Å². The number of hydrogen-bond acceptors (Lipinski definition) is 0. The Kier molecular flexibility index (Phi) is 1.39. The highest BCUT2D eigenvalue weighted by molar-refractivity contribution is 5.89. The van der Waals surface area contributed by atoms with Gasteiger partial charge in [-0.3, -0.25) is 0 Å². The maximum absolute atomic E-state index is 2.16. The Morgan fingerprint density at radius 2 is 1.91 bits per heavy atom. The highest BCUT2D eigenvalue weighted by Crippen LogP contribution is 2.27. The molecule has 0 aliphatic heterocycles. The molecule has 1 aliphatic rings. The van der Waals surface area contributed by atoms with Crippen LogP contribution < -0.4 is 0 Å². The highest BCUT2D eigenvalue weighted by Gasteiger charge is 2.06. The summed E-state index contributed by atoms with van der Waals surface area (Å²) >= 11 is 0. The van der Waals surface area contributed by atoms with Gasteiger partial charge in [0.15, 0.2) is 0 Å². The molecule has 2 rings (SSSR count). The van der Waals surface area contributed by atoms with Gasteiger partial charge in [-0.1, -0.05) is 42.5 Å². The van der Waals surface area contributed by atoms with Crippen LogP contribution in [0, 0.1) is 0 Å². The van der Waals surface area contributed by atoms with Crippen molar-refractivity contribution in [1.82, 2.24) is 0 Å². The van der Waals surface area contributed by atoms with Gasteiger partial charge in [-0.15, -0.1) is 0 Å². The van der Waals surface area contributed by atoms with Crippen molar-refractivity contribution in [2.75, 3.05) is 0 Å². The summed E-state index contributed by atoms with van der Waals surface area (Å²) in [6.45, 7) is 2.07. The molecule has 1 aromatic carbocycles. The van der Waals surface area contributed by atoms with Crippen molar-refractivity contribution in [2.24, 2.45) is 0 Å². The first-order chi connectivity index (χ1) is 5.42. The average Bonchev–Trinajstić information content (AvgIpc) is 2.47. The van der Waals surface area contributed by atoms with Crippen molar-refractivity contribution >= 4 is 11.6 Å². The number of hydrogen-bond donors (Lipinski definition) is 0. The fourth-order valence-electron chi connectivity index (χ4n) is 1.43. The minimum absolute atomic E-state index is 1.33. The standard InChI is InChI=1S/C11H10/c1-2-9-7-8-10-5-3-4-6-11(9)10/h2-8H,1H3/b9-2-. The molecule has 0 heterocycles.